The minimum absolute atomic E-state index is 0.0474. The maximum atomic E-state index is 12.5. The minimum atomic E-state index is -1.20. The fourth-order valence-corrected chi connectivity index (χ4v) is 2.56. The molecule has 2 aromatic carbocycles. The van der Waals surface area contributed by atoms with Gasteiger partial charge in [0.2, 0.25) is 11.6 Å². The monoisotopic (exact) mass is 294 g/mol. The molecular formula is C17H10O5. The number of aromatic carboxylic acids is 1. The second-order valence-corrected chi connectivity index (χ2v) is 4.96. The van der Waals surface area contributed by atoms with Crippen molar-refractivity contribution in [2.45, 2.75) is 5.92 Å². The summed E-state index contributed by atoms with van der Waals surface area (Å²) in [7, 11) is 0. The van der Waals surface area contributed by atoms with Gasteiger partial charge in [0.1, 0.15) is 5.92 Å². The van der Waals surface area contributed by atoms with E-state index in [9.17, 15) is 19.2 Å². The van der Waals surface area contributed by atoms with Gasteiger partial charge >= 0.3 is 5.97 Å². The third-order valence-corrected chi connectivity index (χ3v) is 3.68. The fourth-order valence-electron chi connectivity index (χ4n) is 2.56. The lowest BCUT2D eigenvalue weighted by Gasteiger charge is -2.21. The van der Waals surface area contributed by atoms with Crippen LogP contribution < -0.4 is 0 Å². The molecule has 5 nitrogen and oxygen atoms in total. The van der Waals surface area contributed by atoms with Gasteiger partial charge in [-0.1, -0.05) is 36.4 Å². The van der Waals surface area contributed by atoms with E-state index in [1.165, 1.54) is 36.4 Å². The van der Waals surface area contributed by atoms with Gasteiger partial charge in [0.05, 0.1) is 5.56 Å². The van der Waals surface area contributed by atoms with E-state index in [1.807, 2.05) is 0 Å². The molecular weight excluding hydrogens is 284 g/mol. The Morgan fingerprint density at radius 1 is 0.818 bits per heavy atom. The van der Waals surface area contributed by atoms with Crippen molar-refractivity contribution in [2.24, 2.45) is 0 Å². The molecule has 108 valence electrons. The van der Waals surface area contributed by atoms with Gasteiger partial charge in [-0.3, -0.25) is 14.4 Å². The van der Waals surface area contributed by atoms with Crippen molar-refractivity contribution >= 4 is 23.3 Å². The van der Waals surface area contributed by atoms with E-state index in [2.05, 4.69) is 0 Å². The topological polar surface area (TPSA) is 88.5 Å². The van der Waals surface area contributed by atoms with Crippen molar-refractivity contribution in [3.05, 3.63) is 70.8 Å². The SMILES string of the molecule is O=C(O)c1ccc(C2C(=O)C(=O)c3ccccc3C2=O)cc1. The number of carbonyl (C=O) groups is 4. The Balaban J connectivity index is 2.08. The molecule has 22 heavy (non-hydrogen) atoms. The summed E-state index contributed by atoms with van der Waals surface area (Å²) in [6.07, 6.45) is 0. The summed E-state index contributed by atoms with van der Waals surface area (Å²) in [5.41, 5.74) is 0.712. The fraction of sp³-hybridized carbons (Fsp3) is 0.0588. The molecule has 3 rings (SSSR count). The molecule has 0 saturated heterocycles. The van der Waals surface area contributed by atoms with Gasteiger partial charge in [-0.25, -0.2) is 4.79 Å². The molecule has 0 aliphatic heterocycles. The number of ketones is 3. The third-order valence-electron chi connectivity index (χ3n) is 3.68. The zero-order chi connectivity index (χ0) is 15.9. The second-order valence-electron chi connectivity index (χ2n) is 4.96. The number of benzene rings is 2. The summed E-state index contributed by atoms with van der Waals surface area (Å²) in [5.74, 6) is -4.22. The lowest BCUT2D eigenvalue weighted by molar-refractivity contribution is -0.115. The van der Waals surface area contributed by atoms with Crippen LogP contribution in [0.2, 0.25) is 0 Å². The Morgan fingerprint density at radius 3 is 2.00 bits per heavy atom. The number of carboxylic acids is 1. The zero-order valence-electron chi connectivity index (χ0n) is 11.3. The first-order valence-corrected chi connectivity index (χ1v) is 6.55. The lowest BCUT2D eigenvalue weighted by Crippen LogP contribution is -2.35. The number of carboxylic acid groups (broad SMARTS) is 1. The molecule has 0 bridgehead atoms. The van der Waals surface area contributed by atoms with Crippen LogP contribution in [-0.4, -0.2) is 28.4 Å². The van der Waals surface area contributed by atoms with E-state index in [0.717, 1.165) is 0 Å². The summed E-state index contributed by atoms with van der Waals surface area (Å²) in [4.78, 5) is 47.7. The van der Waals surface area contributed by atoms with Crippen LogP contribution in [0.1, 0.15) is 42.6 Å². The molecule has 0 spiro atoms. The first kappa shape index (κ1) is 13.9. The maximum absolute atomic E-state index is 12.5. The van der Waals surface area contributed by atoms with Crippen molar-refractivity contribution < 1.29 is 24.3 Å². The predicted octanol–water partition coefficient (Wildman–Crippen LogP) is 2.12. The summed E-state index contributed by atoms with van der Waals surface area (Å²) in [6.45, 7) is 0. The largest absolute Gasteiger partial charge is 0.478 e. The molecule has 0 radical (unpaired) electrons. The molecule has 1 atom stereocenters. The molecule has 0 saturated carbocycles. The van der Waals surface area contributed by atoms with Crippen molar-refractivity contribution in [3.63, 3.8) is 0 Å². The zero-order valence-corrected chi connectivity index (χ0v) is 11.3. The van der Waals surface area contributed by atoms with Gasteiger partial charge in [0, 0.05) is 11.1 Å². The van der Waals surface area contributed by atoms with E-state index in [4.69, 9.17) is 5.11 Å². The van der Waals surface area contributed by atoms with Crippen molar-refractivity contribution in [2.75, 3.05) is 0 Å². The van der Waals surface area contributed by atoms with Crippen LogP contribution in [0.15, 0.2) is 48.5 Å². The van der Waals surface area contributed by atoms with Gasteiger partial charge in [0.25, 0.3) is 0 Å². The number of Topliss-reactive ketones (excluding diaryl/α,β-unsaturated/α-hetero) is 3. The molecule has 0 fully saturated rings. The van der Waals surface area contributed by atoms with E-state index >= 15 is 0 Å². The number of rotatable bonds is 2. The summed E-state index contributed by atoms with van der Waals surface area (Å²) < 4.78 is 0. The van der Waals surface area contributed by atoms with E-state index in [1.54, 1.807) is 12.1 Å². The van der Waals surface area contributed by atoms with Crippen LogP contribution in [0, 0.1) is 0 Å². The number of carbonyl (C=O) groups excluding carboxylic acids is 3. The average molecular weight is 294 g/mol. The molecule has 0 heterocycles. The highest BCUT2D eigenvalue weighted by molar-refractivity contribution is 6.53. The number of hydrogen-bond acceptors (Lipinski definition) is 4. The van der Waals surface area contributed by atoms with Crippen LogP contribution in [0.25, 0.3) is 0 Å². The van der Waals surface area contributed by atoms with Crippen LogP contribution in [0.3, 0.4) is 0 Å². The van der Waals surface area contributed by atoms with E-state index in [0.29, 0.717) is 5.56 Å². The van der Waals surface area contributed by atoms with E-state index in [-0.39, 0.29) is 16.7 Å². The van der Waals surface area contributed by atoms with Crippen LogP contribution in [0.5, 0.6) is 0 Å². The quantitative estimate of drug-likeness (QED) is 0.677. The van der Waals surface area contributed by atoms with Crippen LogP contribution >= 0.6 is 0 Å². The minimum Gasteiger partial charge on any atom is -0.478 e. The van der Waals surface area contributed by atoms with Gasteiger partial charge in [-0.2, -0.15) is 0 Å². The standard InChI is InChI=1S/C17H10O5/c18-14-11-3-1-2-4-12(11)15(19)16(20)13(14)9-5-7-10(8-6-9)17(21)22/h1-8,13H,(H,21,22). The predicted molar refractivity (Wildman–Crippen MR) is 76.3 cm³/mol. The summed E-state index contributed by atoms with van der Waals surface area (Å²) in [6, 6.07) is 11.6. The molecule has 5 heteroatoms. The van der Waals surface area contributed by atoms with Crippen molar-refractivity contribution in [3.8, 4) is 0 Å². The first-order valence-electron chi connectivity index (χ1n) is 6.55. The Morgan fingerprint density at radius 2 is 1.41 bits per heavy atom. The molecule has 1 N–H and O–H groups in total. The van der Waals surface area contributed by atoms with Crippen LogP contribution in [0.4, 0.5) is 0 Å². The highest BCUT2D eigenvalue weighted by atomic mass is 16.4. The van der Waals surface area contributed by atoms with Crippen molar-refractivity contribution in [1.29, 1.82) is 0 Å². The Hall–Kier alpha value is -3.08. The maximum Gasteiger partial charge on any atom is 0.335 e. The molecule has 0 aromatic heterocycles. The van der Waals surface area contributed by atoms with Gasteiger partial charge < -0.3 is 5.11 Å². The smallest absolute Gasteiger partial charge is 0.335 e. The summed E-state index contributed by atoms with van der Waals surface area (Å²) >= 11 is 0. The first-order chi connectivity index (χ1) is 10.5. The molecule has 1 aliphatic carbocycles. The van der Waals surface area contributed by atoms with Gasteiger partial charge in [0.15, 0.2) is 5.78 Å². The Kier molecular flexibility index (Phi) is 3.18. The molecule has 2 aromatic rings. The van der Waals surface area contributed by atoms with Crippen molar-refractivity contribution in [1.82, 2.24) is 0 Å². The third kappa shape index (κ3) is 2.03. The lowest BCUT2D eigenvalue weighted by atomic mass is 9.77. The number of fused-ring (bicyclic) bond motifs is 1. The Bertz CT molecular complexity index is 817. The van der Waals surface area contributed by atoms with Gasteiger partial charge in [-0.15, -0.1) is 0 Å². The normalized spacial score (nSPS) is 17.3. The molecule has 1 unspecified atom stereocenters. The van der Waals surface area contributed by atoms with Crippen LogP contribution in [-0.2, 0) is 4.79 Å². The molecule has 0 amide bonds. The summed E-state index contributed by atoms with van der Waals surface area (Å²) in [5, 5.41) is 8.87. The molecule has 1 aliphatic rings. The average Bonchev–Trinajstić information content (AvgIpc) is 2.53. The highest BCUT2D eigenvalue weighted by Gasteiger charge is 2.40. The highest BCUT2D eigenvalue weighted by Crippen LogP contribution is 2.30. The Labute approximate surface area is 125 Å². The van der Waals surface area contributed by atoms with E-state index < -0.39 is 29.2 Å². The van der Waals surface area contributed by atoms with Gasteiger partial charge in [-0.05, 0) is 17.7 Å². The second kappa shape index (κ2) is 5.04. The number of hydrogen-bond donors (Lipinski definition) is 1.